The predicted octanol–water partition coefficient (Wildman–Crippen LogP) is 3.38. The molecule has 0 amide bonds. The highest BCUT2D eigenvalue weighted by Gasteiger charge is 2.09. The van der Waals surface area contributed by atoms with Crippen molar-refractivity contribution in [3.05, 3.63) is 72.4 Å². The lowest BCUT2D eigenvalue weighted by atomic mass is 10.1. The van der Waals surface area contributed by atoms with E-state index < -0.39 is 0 Å². The van der Waals surface area contributed by atoms with Crippen molar-refractivity contribution in [2.24, 2.45) is 0 Å². The number of hydrogen-bond donors (Lipinski definition) is 0. The van der Waals surface area contributed by atoms with Crippen LogP contribution in [-0.4, -0.2) is 11.0 Å². The van der Waals surface area contributed by atoms with Crippen LogP contribution in [0.5, 0.6) is 5.75 Å². The first-order valence-corrected chi connectivity index (χ1v) is 6.41. The minimum Gasteiger partial charge on any atom is -0.425 e. The van der Waals surface area contributed by atoms with Gasteiger partial charge in [0.1, 0.15) is 5.75 Å². The maximum absolute atomic E-state index is 12.0. The van der Waals surface area contributed by atoms with Gasteiger partial charge >= 0.3 is 5.97 Å². The van der Waals surface area contributed by atoms with E-state index in [0.717, 1.165) is 16.5 Å². The molecule has 0 aliphatic carbocycles. The largest absolute Gasteiger partial charge is 0.425 e. The number of benzene rings is 2. The Morgan fingerprint density at radius 1 is 0.950 bits per heavy atom. The van der Waals surface area contributed by atoms with E-state index in [-0.39, 0.29) is 12.4 Å². The van der Waals surface area contributed by atoms with Gasteiger partial charge in [-0.1, -0.05) is 42.5 Å². The number of hydrogen-bond acceptors (Lipinski definition) is 3. The minimum absolute atomic E-state index is 0.261. The molecule has 0 radical (unpaired) electrons. The predicted molar refractivity (Wildman–Crippen MR) is 77.5 cm³/mol. The molecule has 0 aliphatic heterocycles. The van der Waals surface area contributed by atoms with E-state index in [1.165, 1.54) is 0 Å². The van der Waals surface area contributed by atoms with Gasteiger partial charge in [-0.15, -0.1) is 0 Å². The van der Waals surface area contributed by atoms with Gasteiger partial charge < -0.3 is 4.74 Å². The van der Waals surface area contributed by atoms with Crippen molar-refractivity contribution in [1.29, 1.82) is 0 Å². The zero-order chi connectivity index (χ0) is 13.8. The van der Waals surface area contributed by atoms with E-state index in [9.17, 15) is 4.79 Å². The maximum Gasteiger partial charge on any atom is 0.315 e. The molecule has 0 bridgehead atoms. The average molecular weight is 263 g/mol. The highest BCUT2D eigenvalue weighted by Crippen LogP contribution is 2.23. The number of rotatable bonds is 3. The summed E-state index contributed by atoms with van der Waals surface area (Å²) < 4.78 is 5.45. The van der Waals surface area contributed by atoms with Crippen LogP contribution in [0.1, 0.15) is 5.56 Å². The number of pyridine rings is 1. The first kappa shape index (κ1) is 12.4. The Morgan fingerprint density at radius 2 is 1.70 bits per heavy atom. The van der Waals surface area contributed by atoms with Crippen molar-refractivity contribution < 1.29 is 9.53 Å². The van der Waals surface area contributed by atoms with E-state index in [4.69, 9.17) is 4.74 Å². The van der Waals surface area contributed by atoms with Crippen molar-refractivity contribution in [3.8, 4) is 5.75 Å². The molecule has 0 unspecified atom stereocenters. The molecule has 3 aromatic rings. The molecule has 0 fully saturated rings. The fourth-order valence-corrected chi connectivity index (χ4v) is 2.08. The molecule has 3 heteroatoms. The molecule has 0 saturated carbocycles. The molecule has 98 valence electrons. The summed E-state index contributed by atoms with van der Waals surface area (Å²) in [5.41, 5.74) is 1.76. The van der Waals surface area contributed by atoms with Gasteiger partial charge in [0.2, 0.25) is 0 Å². The molecule has 3 nitrogen and oxygen atoms in total. The number of carbonyl (C=O) groups is 1. The minimum atomic E-state index is -0.271. The third kappa shape index (κ3) is 2.67. The number of ether oxygens (including phenoxy) is 1. The maximum atomic E-state index is 12.0. The van der Waals surface area contributed by atoms with E-state index in [1.807, 2.05) is 54.6 Å². The standard InChI is InChI=1S/C17H13NO2/c19-17(12-13-6-2-1-3-7-13)20-16-10-11-18-15-9-5-4-8-14(15)16/h1-11H,12H2. The van der Waals surface area contributed by atoms with Crippen molar-refractivity contribution in [2.75, 3.05) is 0 Å². The van der Waals surface area contributed by atoms with Crippen LogP contribution in [0.4, 0.5) is 0 Å². The van der Waals surface area contributed by atoms with Gasteiger partial charge in [0.05, 0.1) is 11.9 Å². The molecule has 2 aromatic carbocycles. The summed E-state index contributed by atoms with van der Waals surface area (Å²) in [6.45, 7) is 0. The summed E-state index contributed by atoms with van der Waals surface area (Å²) in [6, 6.07) is 18.9. The SMILES string of the molecule is O=C(Cc1ccccc1)Oc1ccnc2ccccc12. The van der Waals surface area contributed by atoms with Gasteiger partial charge in [0.15, 0.2) is 0 Å². The van der Waals surface area contributed by atoms with Crippen LogP contribution in [0.15, 0.2) is 66.9 Å². The average Bonchev–Trinajstić information content (AvgIpc) is 2.48. The van der Waals surface area contributed by atoms with Crippen LogP contribution < -0.4 is 4.74 Å². The summed E-state index contributed by atoms with van der Waals surface area (Å²) in [4.78, 5) is 16.2. The number of nitrogens with zero attached hydrogens (tertiary/aromatic N) is 1. The zero-order valence-electron chi connectivity index (χ0n) is 10.8. The van der Waals surface area contributed by atoms with Gasteiger partial charge in [0, 0.05) is 11.6 Å². The molecule has 0 atom stereocenters. The van der Waals surface area contributed by atoms with Crippen LogP contribution in [0.3, 0.4) is 0 Å². The summed E-state index contributed by atoms with van der Waals surface area (Å²) >= 11 is 0. The molecule has 0 aliphatic rings. The Labute approximate surface area is 116 Å². The highest BCUT2D eigenvalue weighted by molar-refractivity contribution is 5.87. The van der Waals surface area contributed by atoms with E-state index in [1.54, 1.807) is 12.3 Å². The van der Waals surface area contributed by atoms with Crippen molar-refractivity contribution in [1.82, 2.24) is 4.98 Å². The fourth-order valence-electron chi connectivity index (χ4n) is 2.08. The van der Waals surface area contributed by atoms with Crippen LogP contribution >= 0.6 is 0 Å². The molecule has 20 heavy (non-hydrogen) atoms. The van der Waals surface area contributed by atoms with Crippen LogP contribution in [-0.2, 0) is 11.2 Å². The number of carbonyl (C=O) groups excluding carboxylic acids is 1. The zero-order valence-corrected chi connectivity index (χ0v) is 10.8. The molecule has 0 spiro atoms. The van der Waals surface area contributed by atoms with Gasteiger partial charge in [0.25, 0.3) is 0 Å². The van der Waals surface area contributed by atoms with E-state index in [2.05, 4.69) is 4.98 Å². The summed E-state index contributed by atoms with van der Waals surface area (Å²) in [7, 11) is 0. The Morgan fingerprint density at radius 3 is 2.55 bits per heavy atom. The quantitative estimate of drug-likeness (QED) is 0.680. The topological polar surface area (TPSA) is 39.2 Å². The smallest absolute Gasteiger partial charge is 0.315 e. The second-order valence-corrected chi connectivity index (χ2v) is 4.46. The van der Waals surface area contributed by atoms with Crippen LogP contribution in [0.2, 0.25) is 0 Å². The molecular formula is C17H13NO2. The Bertz CT molecular complexity index is 733. The van der Waals surface area contributed by atoms with E-state index >= 15 is 0 Å². The van der Waals surface area contributed by atoms with Gasteiger partial charge in [-0.3, -0.25) is 9.78 Å². The summed E-state index contributed by atoms with van der Waals surface area (Å²) in [6.07, 6.45) is 1.91. The van der Waals surface area contributed by atoms with Crippen molar-refractivity contribution in [2.45, 2.75) is 6.42 Å². The molecule has 1 heterocycles. The number of para-hydroxylation sites is 1. The normalized spacial score (nSPS) is 10.4. The van der Waals surface area contributed by atoms with Gasteiger partial charge in [-0.05, 0) is 23.8 Å². The molecule has 0 saturated heterocycles. The van der Waals surface area contributed by atoms with Crippen LogP contribution in [0.25, 0.3) is 10.9 Å². The number of esters is 1. The van der Waals surface area contributed by atoms with E-state index in [0.29, 0.717) is 5.75 Å². The number of fused-ring (bicyclic) bond motifs is 1. The summed E-state index contributed by atoms with van der Waals surface area (Å²) in [5.74, 6) is 0.282. The first-order valence-electron chi connectivity index (χ1n) is 6.41. The van der Waals surface area contributed by atoms with Crippen molar-refractivity contribution in [3.63, 3.8) is 0 Å². The third-order valence-electron chi connectivity index (χ3n) is 3.02. The molecule has 3 rings (SSSR count). The Kier molecular flexibility index (Phi) is 3.42. The lowest BCUT2D eigenvalue weighted by Gasteiger charge is -2.07. The van der Waals surface area contributed by atoms with Crippen molar-refractivity contribution >= 4 is 16.9 Å². The molecule has 1 aromatic heterocycles. The Hall–Kier alpha value is -2.68. The second kappa shape index (κ2) is 5.53. The number of aromatic nitrogens is 1. The lowest BCUT2D eigenvalue weighted by molar-refractivity contribution is -0.133. The highest BCUT2D eigenvalue weighted by atomic mass is 16.5. The first-order chi connectivity index (χ1) is 9.83. The van der Waals surface area contributed by atoms with Crippen LogP contribution in [0, 0.1) is 0 Å². The lowest BCUT2D eigenvalue weighted by Crippen LogP contribution is -2.11. The molecular weight excluding hydrogens is 250 g/mol. The monoisotopic (exact) mass is 263 g/mol. The molecule has 0 N–H and O–H groups in total. The fraction of sp³-hybridized carbons (Fsp3) is 0.0588. The summed E-state index contributed by atoms with van der Waals surface area (Å²) in [5, 5.41) is 0.844. The van der Waals surface area contributed by atoms with Gasteiger partial charge in [-0.2, -0.15) is 0 Å². The Balaban J connectivity index is 1.81. The second-order valence-electron chi connectivity index (χ2n) is 4.46. The third-order valence-corrected chi connectivity index (χ3v) is 3.02. The van der Waals surface area contributed by atoms with Gasteiger partial charge in [-0.25, -0.2) is 0 Å².